The Bertz CT molecular complexity index is 736. The maximum Gasteiger partial charge on any atom is 0.262 e. The molecule has 0 amide bonds. The first-order chi connectivity index (χ1) is 10.0. The number of nitrogens with zero attached hydrogens (tertiary/aromatic N) is 1. The SMILES string of the molecule is NC1(c2nc(O)c(-c3ccccc3F)c(=O)[nH]2)CCCC1. The molecule has 3 rings (SSSR count). The van der Waals surface area contributed by atoms with Gasteiger partial charge in [0.25, 0.3) is 5.56 Å². The number of aromatic hydroxyl groups is 1. The molecule has 0 aliphatic heterocycles. The fourth-order valence-electron chi connectivity index (χ4n) is 2.85. The predicted octanol–water partition coefficient (Wildman–Crippen LogP) is 2.01. The minimum atomic E-state index is -0.718. The molecule has 0 spiro atoms. The molecular weight excluding hydrogens is 273 g/mol. The van der Waals surface area contributed by atoms with Gasteiger partial charge in [0.15, 0.2) is 0 Å². The van der Waals surface area contributed by atoms with Crippen molar-refractivity contribution in [3.8, 4) is 17.0 Å². The summed E-state index contributed by atoms with van der Waals surface area (Å²) in [5, 5.41) is 10.1. The number of halogens is 1. The van der Waals surface area contributed by atoms with Gasteiger partial charge in [0.2, 0.25) is 5.88 Å². The van der Waals surface area contributed by atoms with Gasteiger partial charge >= 0.3 is 0 Å². The number of benzene rings is 1. The van der Waals surface area contributed by atoms with E-state index >= 15 is 0 Å². The van der Waals surface area contributed by atoms with E-state index in [1.54, 1.807) is 6.07 Å². The van der Waals surface area contributed by atoms with Crippen LogP contribution in [0.2, 0.25) is 0 Å². The fourth-order valence-corrected chi connectivity index (χ4v) is 2.85. The van der Waals surface area contributed by atoms with E-state index in [-0.39, 0.29) is 17.0 Å². The average Bonchev–Trinajstić information content (AvgIpc) is 2.88. The van der Waals surface area contributed by atoms with Crippen molar-refractivity contribution in [1.82, 2.24) is 9.97 Å². The zero-order valence-electron chi connectivity index (χ0n) is 11.4. The monoisotopic (exact) mass is 289 g/mol. The van der Waals surface area contributed by atoms with Crippen molar-refractivity contribution in [2.24, 2.45) is 5.73 Å². The molecule has 1 aromatic heterocycles. The van der Waals surface area contributed by atoms with Gasteiger partial charge < -0.3 is 15.8 Å². The number of nitrogens with two attached hydrogens (primary N) is 1. The highest BCUT2D eigenvalue weighted by atomic mass is 19.1. The molecule has 21 heavy (non-hydrogen) atoms. The summed E-state index contributed by atoms with van der Waals surface area (Å²) in [6.45, 7) is 0. The Morgan fingerprint density at radius 2 is 1.95 bits per heavy atom. The van der Waals surface area contributed by atoms with Crippen LogP contribution in [0.1, 0.15) is 31.5 Å². The maximum absolute atomic E-state index is 13.8. The highest BCUT2D eigenvalue weighted by molar-refractivity contribution is 5.67. The van der Waals surface area contributed by atoms with Gasteiger partial charge in [-0.1, -0.05) is 31.0 Å². The molecule has 0 unspecified atom stereocenters. The molecular formula is C15H16FN3O2. The van der Waals surface area contributed by atoms with E-state index in [4.69, 9.17) is 5.73 Å². The van der Waals surface area contributed by atoms with Crippen LogP contribution in [0.3, 0.4) is 0 Å². The summed E-state index contributed by atoms with van der Waals surface area (Å²) in [4.78, 5) is 18.9. The lowest BCUT2D eigenvalue weighted by atomic mass is 9.97. The summed E-state index contributed by atoms with van der Waals surface area (Å²) < 4.78 is 13.8. The summed E-state index contributed by atoms with van der Waals surface area (Å²) in [7, 11) is 0. The molecule has 1 fully saturated rings. The standard InChI is InChI=1S/C15H16FN3O2/c16-10-6-2-1-5-9(10)11-12(20)18-14(19-13(11)21)15(17)7-3-4-8-15/h1-2,5-6H,3-4,7-8,17H2,(H2,18,19,20,21). The molecule has 110 valence electrons. The average molecular weight is 289 g/mol. The number of aromatic amines is 1. The summed E-state index contributed by atoms with van der Waals surface area (Å²) in [5.74, 6) is -0.811. The third-order valence-corrected chi connectivity index (χ3v) is 4.01. The first-order valence-electron chi connectivity index (χ1n) is 6.89. The molecule has 5 nitrogen and oxygen atoms in total. The van der Waals surface area contributed by atoms with E-state index in [1.807, 2.05) is 0 Å². The van der Waals surface area contributed by atoms with Crippen LogP contribution in [0.15, 0.2) is 29.1 Å². The highest BCUT2D eigenvalue weighted by Crippen LogP contribution is 2.35. The maximum atomic E-state index is 13.8. The minimum absolute atomic E-state index is 0.0211. The number of rotatable bonds is 2. The lowest BCUT2D eigenvalue weighted by Gasteiger charge is -2.22. The van der Waals surface area contributed by atoms with Crippen molar-refractivity contribution < 1.29 is 9.50 Å². The number of hydrogen-bond donors (Lipinski definition) is 3. The molecule has 2 aromatic rings. The van der Waals surface area contributed by atoms with E-state index in [9.17, 15) is 14.3 Å². The van der Waals surface area contributed by atoms with Crippen LogP contribution in [0, 0.1) is 5.82 Å². The van der Waals surface area contributed by atoms with E-state index in [1.165, 1.54) is 18.2 Å². The second-order valence-electron chi connectivity index (χ2n) is 5.46. The van der Waals surface area contributed by atoms with Gasteiger partial charge in [-0.2, -0.15) is 4.98 Å². The van der Waals surface area contributed by atoms with Crippen molar-refractivity contribution >= 4 is 0 Å². The Balaban J connectivity index is 2.14. The van der Waals surface area contributed by atoms with Gasteiger partial charge in [0, 0.05) is 5.56 Å². The van der Waals surface area contributed by atoms with Crippen LogP contribution >= 0.6 is 0 Å². The van der Waals surface area contributed by atoms with Gasteiger partial charge in [0.05, 0.1) is 5.54 Å². The van der Waals surface area contributed by atoms with Crippen molar-refractivity contribution in [2.75, 3.05) is 0 Å². The van der Waals surface area contributed by atoms with Crippen molar-refractivity contribution in [1.29, 1.82) is 0 Å². The topological polar surface area (TPSA) is 92.0 Å². The van der Waals surface area contributed by atoms with Crippen LogP contribution in [0.5, 0.6) is 5.88 Å². The second-order valence-corrected chi connectivity index (χ2v) is 5.46. The number of aromatic nitrogens is 2. The normalized spacial score (nSPS) is 17.0. The first-order valence-corrected chi connectivity index (χ1v) is 6.89. The smallest absolute Gasteiger partial charge is 0.262 e. The van der Waals surface area contributed by atoms with Crippen LogP contribution < -0.4 is 11.3 Å². The van der Waals surface area contributed by atoms with Crippen LogP contribution in [-0.2, 0) is 5.54 Å². The van der Waals surface area contributed by atoms with E-state index in [0.717, 1.165) is 12.8 Å². The van der Waals surface area contributed by atoms with Gasteiger partial charge in [-0.25, -0.2) is 4.39 Å². The quantitative estimate of drug-likeness (QED) is 0.788. The van der Waals surface area contributed by atoms with E-state index in [0.29, 0.717) is 12.8 Å². The summed E-state index contributed by atoms with van der Waals surface area (Å²) in [6, 6.07) is 5.75. The Labute approximate surface area is 120 Å². The van der Waals surface area contributed by atoms with Crippen molar-refractivity contribution in [2.45, 2.75) is 31.2 Å². The van der Waals surface area contributed by atoms with Crippen LogP contribution in [0.4, 0.5) is 4.39 Å². The largest absolute Gasteiger partial charge is 0.493 e. The molecule has 0 atom stereocenters. The molecule has 1 heterocycles. The second kappa shape index (κ2) is 4.96. The zero-order chi connectivity index (χ0) is 15.0. The Hall–Kier alpha value is -2.21. The molecule has 0 saturated heterocycles. The number of nitrogens with one attached hydrogen (secondary N) is 1. The van der Waals surface area contributed by atoms with Gasteiger partial charge in [-0.3, -0.25) is 4.79 Å². The van der Waals surface area contributed by atoms with Crippen molar-refractivity contribution in [3.05, 3.63) is 46.3 Å². The molecule has 1 aliphatic carbocycles. The molecule has 1 aliphatic rings. The third-order valence-electron chi connectivity index (χ3n) is 4.01. The summed E-state index contributed by atoms with van der Waals surface area (Å²) in [5.41, 5.74) is 4.77. The van der Waals surface area contributed by atoms with Gasteiger partial charge in [0.1, 0.15) is 17.2 Å². The van der Waals surface area contributed by atoms with Gasteiger partial charge in [-0.15, -0.1) is 0 Å². The molecule has 1 saturated carbocycles. The highest BCUT2D eigenvalue weighted by Gasteiger charge is 2.34. The molecule has 1 aromatic carbocycles. The van der Waals surface area contributed by atoms with E-state index < -0.39 is 22.8 Å². The van der Waals surface area contributed by atoms with Crippen LogP contribution in [0.25, 0.3) is 11.1 Å². The first kappa shape index (κ1) is 13.8. The number of hydrogen-bond acceptors (Lipinski definition) is 4. The lowest BCUT2D eigenvalue weighted by Crippen LogP contribution is -2.37. The fraction of sp³-hybridized carbons (Fsp3) is 0.333. The zero-order valence-corrected chi connectivity index (χ0v) is 11.4. The molecule has 0 radical (unpaired) electrons. The minimum Gasteiger partial charge on any atom is -0.493 e. The summed E-state index contributed by atoms with van der Waals surface area (Å²) in [6.07, 6.45) is 3.31. The number of H-pyrrole nitrogens is 1. The molecule has 6 heteroatoms. The Morgan fingerprint density at radius 1 is 1.29 bits per heavy atom. The Morgan fingerprint density at radius 3 is 2.57 bits per heavy atom. The molecule has 4 N–H and O–H groups in total. The van der Waals surface area contributed by atoms with Crippen molar-refractivity contribution in [3.63, 3.8) is 0 Å². The predicted molar refractivity (Wildman–Crippen MR) is 76.2 cm³/mol. The summed E-state index contributed by atoms with van der Waals surface area (Å²) >= 11 is 0. The third kappa shape index (κ3) is 2.31. The van der Waals surface area contributed by atoms with Crippen LogP contribution in [-0.4, -0.2) is 15.1 Å². The van der Waals surface area contributed by atoms with E-state index in [2.05, 4.69) is 9.97 Å². The Kier molecular flexibility index (Phi) is 3.25. The molecule has 0 bridgehead atoms. The van der Waals surface area contributed by atoms with Gasteiger partial charge in [-0.05, 0) is 18.9 Å². The lowest BCUT2D eigenvalue weighted by molar-refractivity contribution is 0.402.